The average Bonchev–Trinajstić information content (AvgIpc) is 2.90. The molecule has 0 radical (unpaired) electrons. The van der Waals surface area contributed by atoms with Crippen LogP contribution in [0.3, 0.4) is 0 Å². The summed E-state index contributed by atoms with van der Waals surface area (Å²) in [5.74, 6) is -0.746. The second-order valence-corrected chi connectivity index (χ2v) is 6.12. The maximum absolute atomic E-state index is 12.5. The summed E-state index contributed by atoms with van der Waals surface area (Å²) < 4.78 is 43.2. The number of amides is 1. The van der Waals surface area contributed by atoms with E-state index in [1.165, 1.54) is 18.2 Å². The van der Waals surface area contributed by atoms with Crippen LogP contribution in [0.4, 0.5) is 13.2 Å². The SMILES string of the molecule is Cc1cnc2c(-c3cccc(OC(F)(F)F)c3)c(CCCC(N)=O)nn2c1. The Labute approximate surface area is 152 Å². The second-order valence-electron chi connectivity index (χ2n) is 6.12. The van der Waals surface area contributed by atoms with Crippen LogP contribution in [-0.2, 0) is 11.2 Å². The maximum atomic E-state index is 12.5. The minimum atomic E-state index is -4.78. The number of hydrogen-bond donors (Lipinski definition) is 1. The van der Waals surface area contributed by atoms with Crippen LogP contribution in [0.15, 0.2) is 36.7 Å². The summed E-state index contributed by atoms with van der Waals surface area (Å²) in [4.78, 5) is 15.4. The molecule has 3 aromatic rings. The number of aromatic nitrogens is 3. The van der Waals surface area contributed by atoms with Crippen LogP contribution in [0.5, 0.6) is 5.75 Å². The van der Waals surface area contributed by atoms with Crippen molar-refractivity contribution in [2.24, 2.45) is 5.73 Å². The van der Waals surface area contributed by atoms with Gasteiger partial charge in [-0.25, -0.2) is 9.50 Å². The number of ether oxygens (including phenoxy) is 1. The lowest BCUT2D eigenvalue weighted by Gasteiger charge is -2.10. The first-order valence-corrected chi connectivity index (χ1v) is 8.21. The minimum Gasteiger partial charge on any atom is -0.406 e. The topological polar surface area (TPSA) is 82.5 Å². The first-order chi connectivity index (χ1) is 12.7. The van der Waals surface area contributed by atoms with Gasteiger partial charge in [0.1, 0.15) is 5.75 Å². The van der Waals surface area contributed by atoms with Crippen LogP contribution in [-0.4, -0.2) is 26.9 Å². The fourth-order valence-electron chi connectivity index (χ4n) is 2.82. The largest absolute Gasteiger partial charge is 0.573 e. The van der Waals surface area contributed by atoms with Crippen molar-refractivity contribution < 1.29 is 22.7 Å². The number of carbonyl (C=O) groups excluding carboxylic acids is 1. The number of carbonyl (C=O) groups is 1. The van der Waals surface area contributed by atoms with Gasteiger partial charge in [-0.15, -0.1) is 13.2 Å². The molecule has 2 heterocycles. The average molecular weight is 378 g/mol. The van der Waals surface area contributed by atoms with Crippen LogP contribution < -0.4 is 10.5 Å². The summed E-state index contributed by atoms with van der Waals surface area (Å²) in [7, 11) is 0. The van der Waals surface area contributed by atoms with Crippen molar-refractivity contribution in [1.29, 1.82) is 0 Å². The molecule has 6 nitrogen and oxygen atoms in total. The molecule has 0 saturated carbocycles. The lowest BCUT2D eigenvalue weighted by molar-refractivity contribution is -0.274. The van der Waals surface area contributed by atoms with Crippen molar-refractivity contribution in [2.75, 3.05) is 0 Å². The Kier molecular flexibility index (Phi) is 5.02. The predicted octanol–water partition coefficient (Wildman–Crippen LogP) is 3.41. The Morgan fingerprint density at radius 2 is 2.11 bits per heavy atom. The van der Waals surface area contributed by atoms with Crippen LogP contribution in [0.25, 0.3) is 16.8 Å². The Balaban J connectivity index is 2.05. The van der Waals surface area contributed by atoms with E-state index in [-0.39, 0.29) is 12.2 Å². The van der Waals surface area contributed by atoms with Crippen molar-refractivity contribution in [2.45, 2.75) is 32.5 Å². The van der Waals surface area contributed by atoms with Crippen LogP contribution in [0.1, 0.15) is 24.1 Å². The lowest BCUT2D eigenvalue weighted by Crippen LogP contribution is -2.17. The highest BCUT2D eigenvalue weighted by Crippen LogP contribution is 2.32. The number of aryl methyl sites for hydroxylation is 2. The molecule has 0 bridgehead atoms. The summed E-state index contributed by atoms with van der Waals surface area (Å²) >= 11 is 0. The number of alkyl halides is 3. The van der Waals surface area contributed by atoms with Gasteiger partial charge in [-0.1, -0.05) is 12.1 Å². The van der Waals surface area contributed by atoms with Gasteiger partial charge in [-0.05, 0) is 43.0 Å². The van der Waals surface area contributed by atoms with E-state index in [9.17, 15) is 18.0 Å². The molecule has 9 heteroatoms. The number of hydrogen-bond acceptors (Lipinski definition) is 4. The Morgan fingerprint density at radius 1 is 1.33 bits per heavy atom. The second kappa shape index (κ2) is 7.26. The molecule has 142 valence electrons. The number of primary amides is 1. The van der Waals surface area contributed by atoms with Crippen LogP contribution in [0, 0.1) is 6.92 Å². The molecule has 0 fully saturated rings. The van der Waals surface area contributed by atoms with E-state index in [4.69, 9.17) is 5.73 Å². The fraction of sp³-hybridized carbons (Fsp3) is 0.278. The van der Waals surface area contributed by atoms with Gasteiger partial charge in [0.25, 0.3) is 0 Å². The van der Waals surface area contributed by atoms with Crippen molar-refractivity contribution in [3.8, 4) is 16.9 Å². The zero-order valence-electron chi connectivity index (χ0n) is 14.5. The number of nitrogens with two attached hydrogens (primary N) is 1. The zero-order chi connectivity index (χ0) is 19.6. The normalized spacial score (nSPS) is 11.7. The maximum Gasteiger partial charge on any atom is 0.573 e. The van der Waals surface area contributed by atoms with Gasteiger partial charge in [0.2, 0.25) is 5.91 Å². The highest BCUT2D eigenvalue weighted by Gasteiger charge is 2.31. The first kappa shape index (κ1) is 18.7. The van der Waals surface area contributed by atoms with Gasteiger partial charge in [0.15, 0.2) is 5.65 Å². The van der Waals surface area contributed by atoms with Crippen LogP contribution in [0.2, 0.25) is 0 Å². The van der Waals surface area contributed by atoms with E-state index in [2.05, 4.69) is 14.8 Å². The smallest absolute Gasteiger partial charge is 0.406 e. The molecule has 1 aromatic carbocycles. The van der Waals surface area contributed by atoms with Gasteiger partial charge < -0.3 is 10.5 Å². The molecule has 2 aromatic heterocycles. The summed E-state index contributed by atoms with van der Waals surface area (Å²) in [6, 6.07) is 5.66. The standard InChI is InChI=1S/C18H17F3N4O2/c1-11-9-23-17-16(12-4-2-5-13(8-12)27-18(19,20)21)14(24-25(17)10-11)6-3-7-15(22)26/h2,4-5,8-10H,3,6-7H2,1H3,(H2,22,26). The van der Waals surface area contributed by atoms with Crippen LogP contribution >= 0.6 is 0 Å². The quantitative estimate of drug-likeness (QED) is 0.713. The number of benzene rings is 1. The highest BCUT2D eigenvalue weighted by atomic mass is 19.4. The molecule has 0 unspecified atom stereocenters. The van der Waals surface area contributed by atoms with E-state index >= 15 is 0 Å². The Hall–Kier alpha value is -3.10. The van der Waals surface area contributed by atoms with E-state index in [0.717, 1.165) is 5.56 Å². The van der Waals surface area contributed by atoms with E-state index in [1.807, 2.05) is 6.92 Å². The molecule has 3 rings (SSSR count). The third kappa shape index (κ3) is 4.55. The Bertz CT molecular complexity index is 982. The fourth-order valence-corrected chi connectivity index (χ4v) is 2.82. The molecule has 0 aliphatic carbocycles. The summed E-state index contributed by atoms with van der Waals surface area (Å²) in [5.41, 5.74) is 8.30. The van der Waals surface area contributed by atoms with E-state index < -0.39 is 12.3 Å². The molecule has 0 atom stereocenters. The molecule has 0 aliphatic rings. The molecule has 1 amide bonds. The van der Waals surface area contributed by atoms with Gasteiger partial charge >= 0.3 is 6.36 Å². The van der Waals surface area contributed by atoms with Crippen molar-refractivity contribution in [3.05, 3.63) is 47.9 Å². The molecule has 2 N–H and O–H groups in total. The summed E-state index contributed by atoms with van der Waals surface area (Å²) in [6.07, 6.45) is -0.241. The molecule has 0 aliphatic heterocycles. The molecule has 0 saturated heterocycles. The molecule has 0 spiro atoms. The van der Waals surface area contributed by atoms with Gasteiger partial charge in [0.05, 0.1) is 5.69 Å². The molecular formula is C18H17F3N4O2. The first-order valence-electron chi connectivity index (χ1n) is 8.21. The van der Waals surface area contributed by atoms with Crippen molar-refractivity contribution >= 4 is 11.6 Å². The van der Waals surface area contributed by atoms with Crippen molar-refractivity contribution in [1.82, 2.24) is 14.6 Å². The van der Waals surface area contributed by atoms with Gasteiger partial charge in [-0.3, -0.25) is 4.79 Å². The Morgan fingerprint density at radius 3 is 2.81 bits per heavy atom. The molecular weight excluding hydrogens is 361 g/mol. The third-order valence-corrected chi connectivity index (χ3v) is 3.87. The molecule has 27 heavy (non-hydrogen) atoms. The number of fused-ring (bicyclic) bond motifs is 1. The van der Waals surface area contributed by atoms with E-state index in [1.54, 1.807) is 23.0 Å². The monoisotopic (exact) mass is 378 g/mol. The third-order valence-electron chi connectivity index (χ3n) is 3.87. The van der Waals surface area contributed by atoms with Gasteiger partial charge in [-0.2, -0.15) is 5.10 Å². The summed E-state index contributed by atoms with van der Waals surface area (Å²) in [6.45, 7) is 1.86. The van der Waals surface area contributed by atoms with Gasteiger partial charge in [0, 0.05) is 24.4 Å². The predicted molar refractivity (Wildman–Crippen MR) is 92.0 cm³/mol. The zero-order valence-corrected chi connectivity index (χ0v) is 14.5. The number of rotatable bonds is 6. The lowest BCUT2D eigenvalue weighted by atomic mass is 10.0. The minimum absolute atomic E-state index is 0.191. The summed E-state index contributed by atoms with van der Waals surface area (Å²) in [5, 5.41) is 4.49. The highest BCUT2D eigenvalue weighted by molar-refractivity contribution is 5.80. The van der Waals surface area contributed by atoms with Crippen molar-refractivity contribution in [3.63, 3.8) is 0 Å². The number of halogens is 3. The number of nitrogens with zero attached hydrogens (tertiary/aromatic N) is 3. The van der Waals surface area contributed by atoms with E-state index in [0.29, 0.717) is 35.3 Å².